The highest BCUT2D eigenvalue weighted by molar-refractivity contribution is 5.65. The van der Waals surface area contributed by atoms with Gasteiger partial charge in [0.2, 0.25) is 0 Å². The lowest BCUT2D eigenvalue weighted by atomic mass is 9.99. The van der Waals surface area contributed by atoms with Crippen LogP contribution >= 0.6 is 0 Å². The molecule has 0 saturated carbocycles. The Balaban J connectivity index is 1.90. The largest absolute Gasteiger partial charge is 0.429 e. The number of alkyl halides is 2. The van der Waals surface area contributed by atoms with Gasteiger partial charge in [0.05, 0.1) is 0 Å². The lowest BCUT2D eigenvalue weighted by Crippen LogP contribution is -2.24. The predicted molar refractivity (Wildman–Crippen MR) is 101 cm³/mol. The second-order valence-electron chi connectivity index (χ2n) is 6.91. The Morgan fingerprint density at radius 3 is 1.97 bits per heavy atom. The fourth-order valence-electron chi connectivity index (χ4n) is 3.02. The topological polar surface area (TPSA) is 9.23 Å². The molecule has 0 aliphatic carbocycles. The molecule has 0 radical (unpaired) electrons. The van der Waals surface area contributed by atoms with E-state index in [1.54, 1.807) is 24.3 Å². The predicted octanol–water partition coefficient (Wildman–Crippen LogP) is 7.52. The molecule has 0 saturated heterocycles. The smallest absolute Gasteiger partial charge is 0.429 e. The Bertz CT molecular complexity index is 1060. The van der Waals surface area contributed by atoms with Crippen molar-refractivity contribution in [2.75, 3.05) is 0 Å². The van der Waals surface area contributed by atoms with Crippen LogP contribution in [0.15, 0.2) is 48.5 Å². The lowest BCUT2D eigenvalue weighted by Gasteiger charge is -2.20. The van der Waals surface area contributed by atoms with Gasteiger partial charge in [-0.2, -0.15) is 8.78 Å². The fraction of sp³-hybridized carbons (Fsp3) is 0.217. The molecule has 8 heteroatoms. The third-order valence-electron chi connectivity index (χ3n) is 4.68. The van der Waals surface area contributed by atoms with E-state index >= 15 is 0 Å². The summed E-state index contributed by atoms with van der Waals surface area (Å²) in [6.07, 6.45) is -1.70. The van der Waals surface area contributed by atoms with E-state index in [-0.39, 0.29) is 23.3 Å². The molecule has 0 aliphatic rings. The minimum atomic E-state index is -4.48. The number of unbranched alkanes of at least 4 members (excludes halogenated alkanes) is 1. The lowest BCUT2D eigenvalue weighted by molar-refractivity contribution is -0.187. The van der Waals surface area contributed by atoms with Gasteiger partial charge in [-0.15, -0.1) is 0 Å². The fourth-order valence-corrected chi connectivity index (χ4v) is 3.02. The van der Waals surface area contributed by atoms with Crippen molar-refractivity contribution in [3.8, 4) is 16.9 Å². The molecule has 0 bridgehead atoms. The monoisotopic (exact) mass is 442 g/mol. The molecule has 0 spiro atoms. The second-order valence-corrected chi connectivity index (χ2v) is 6.91. The maximum Gasteiger partial charge on any atom is 0.429 e. The molecule has 3 aromatic rings. The summed E-state index contributed by atoms with van der Waals surface area (Å²) in [5, 5.41) is 0. The molecule has 0 atom stereocenters. The van der Waals surface area contributed by atoms with Crippen molar-refractivity contribution < 1.29 is 35.5 Å². The van der Waals surface area contributed by atoms with E-state index in [1.807, 2.05) is 6.92 Å². The maximum absolute atomic E-state index is 14.6. The summed E-state index contributed by atoms with van der Waals surface area (Å²) in [7, 11) is 0. The minimum absolute atomic E-state index is 0.176. The number of benzene rings is 3. The molecule has 0 aromatic heterocycles. The van der Waals surface area contributed by atoms with Crippen molar-refractivity contribution in [2.45, 2.75) is 32.3 Å². The van der Waals surface area contributed by atoms with E-state index < -0.39 is 46.5 Å². The van der Waals surface area contributed by atoms with Crippen LogP contribution in [-0.4, -0.2) is 0 Å². The van der Waals surface area contributed by atoms with E-state index in [4.69, 9.17) is 0 Å². The Morgan fingerprint density at radius 1 is 0.774 bits per heavy atom. The van der Waals surface area contributed by atoms with Gasteiger partial charge in [0.15, 0.2) is 29.1 Å². The van der Waals surface area contributed by atoms with E-state index in [0.29, 0.717) is 6.07 Å². The van der Waals surface area contributed by atoms with E-state index in [9.17, 15) is 30.7 Å². The van der Waals surface area contributed by atoms with Crippen molar-refractivity contribution >= 4 is 0 Å². The Labute approximate surface area is 174 Å². The van der Waals surface area contributed by atoms with Crippen LogP contribution in [0, 0.1) is 29.1 Å². The van der Waals surface area contributed by atoms with Gasteiger partial charge in [-0.25, -0.2) is 22.0 Å². The number of hydrogen-bond donors (Lipinski definition) is 0. The molecule has 1 nitrogen and oxygen atoms in total. The van der Waals surface area contributed by atoms with Gasteiger partial charge in [0, 0.05) is 17.7 Å². The van der Waals surface area contributed by atoms with E-state index in [1.165, 1.54) is 0 Å². The van der Waals surface area contributed by atoms with Crippen molar-refractivity contribution in [1.29, 1.82) is 0 Å². The van der Waals surface area contributed by atoms with Gasteiger partial charge in [-0.3, -0.25) is 0 Å². The van der Waals surface area contributed by atoms with Crippen LogP contribution in [0.1, 0.15) is 30.9 Å². The first kappa shape index (κ1) is 22.7. The zero-order valence-electron chi connectivity index (χ0n) is 16.3. The molecule has 0 aliphatic heterocycles. The van der Waals surface area contributed by atoms with Gasteiger partial charge >= 0.3 is 6.11 Å². The zero-order chi connectivity index (χ0) is 22.8. The number of hydrogen-bond acceptors (Lipinski definition) is 1. The first-order valence-corrected chi connectivity index (χ1v) is 9.43. The number of ether oxygens (including phenoxy) is 1. The van der Waals surface area contributed by atoms with Crippen LogP contribution in [0.25, 0.3) is 11.1 Å². The van der Waals surface area contributed by atoms with Crippen LogP contribution in [-0.2, 0) is 12.5 Å². The SMILES string of the molecule is CCCCc1ccc(-c2ccc(C(F)(F)Oc3cc(F)c(F)c(F)c3)c(F)c2F)cc1. The third-order valence-corrected chi connectivity index (χ3v) is 4.68. The van der Waals surface area contributed by atoms with Gasteiger partial charge in [0.1, 0.15) is 11.3 Å². The zero-order valence-corrected chi connectivity index (χ0v) is 16.3. The molecule has 0 N–H and O–H groups in total. The summed E-state index contributed by atoms with van der Waals surface area (Å²) in [5.41, 5.74) is -0.423. The molecule has 164 valence electrons. The molecular weight excluding hydrogens is 425 g/mol. The van der Waals surface area contributed by atoms with Crippen molar-refractivity contribution in [2.24, 2.45) is 0 Å². The molecule has 0 heterocycles. The molecule has 0 unspecified atom stereocenters. The summed E-state index contributed by atoms with van der Waals surface area (Å²) in [4.78, 5) is 0. The number of aryl methyl sites for hydroxylation is 1. The molecule has 3 rings (SSSR count). The van der Waals surface area contributed by atoms with Crippen LogP contribution in [0.3, 0.4) is 0 Å². The van der Waals surface area contributed by atoms with Gasteiger partial charge in [-0.05, 0) is 30.0 Å². The van der Waals surface area contributed by atoms with Crippen molar-refractivity contribution in [3.63, 3.8) is 0 Å². The molecule has 31 heavy (non-hydrogen) atoms. The summed E-state index contributed by atoms with van der Waals surface area (Å²) in [5.74, 6) is -9.91. The Morgan fingerprint density at radius 2 is 1.39 bits per heavy atom. The molecule has 0 amide bonds. The Hall–Kier alpha value is -3.03. The summed E-state index contributed by atoms with van der Waals surface area (Å²) >= 11 is 0. The second kappa shape index (κ2) is 8.99. The highest BCUT2D eigenvalue weighted by Crippen LogP contribution is 2.37. The van der Waals surface area contributed by atoms with Gasteiger partial charge in [0.25, 0.3) is 0 Å². The van der Waals surface area contributed by atoms with Crippen molar-refractivity contribution in [1.82, 2.24) is 0 Å². The molecule has 3 aromatic carbocycles. The van der Waals surface area contributed by atoms with Crippen LogP contribution in [0.2, 0.25) is 0 Å². The van der Waals surface area contributed by atoms with Gasteiger partial charge in [-0.1, -0.05) is 43.7 Å². The van der Waals surface area contributed by atoms with E-state index in [0.717, 1.165) is 30.9 Å². The van der Waals surface area contributed by atoms with Crippen LogP contribution < -0.4 is 4.74 Å². The third kappa shape index (κ3) is 4.84. The highest BCUT2D eigenvalue weighted by atomic mass is 19.3. The normalized spacial score (nSPS) is 11.6. The first-order valence-electron chi connectivity index (χ1n) is 9.43. The standard InChI is InChI=1S/C23H17F7O/c1-2-3-4-13-5-7-14(8-6-13)16-9-10-17(21(27)20(16)26)23(29,30)31-15-11-18(24)22(28)19(25)12-15/h5-12H,2-4H2,1H3. The Kier molecular flexibility index (Phi) is 6.57. The number of rotatable bonds is 7. The molecular formula is C23H17F7O. The average molecular weight is 442 g/mol. The highest BCUT2D eigenvalue weighted by Gasteiger charge is 2.39. The maximum atomic E-state index is 14.6. The quantitative estimate of drug-likeness (QED) is 0.272. The minimum Gasteiger partial charge on any atom is -0.429 e. The molecule has 0 fully saturated rings. The average Bonchev–Trinajstić information content (AvgIpc) is 2.72. The van der Waals surface area contributed by atoms with Crippen molar-refractivity contribution in [3.05, 3.63) is 88.7 Å². The van der Waals surface area contributed by atoms with Crippen LogP contribution in [0.5, 0.6) is 5.75 Å². The van der Waals surface area contributed by atoms with Crippen LogP contribution in [0.4, 0.5) is 30.7 Å². The van der Waals surface area contributed by atoms with E-state index in [2.05, 4.69) is 4.74 Å². The number of halogens is 7. The summed E-state index contributed by atoms with van der Waals surface area (Å²) in [6, 6.07) is 8.52. The van der Waals surface area contributed by atoms with Gasteiger partial charge < -0.3 is 4.74 Å². The summed E-state index contributed by atoms with van der Waals surface area (Å²) in [6.45, 7) is 2.04. The summed E-state index contributed by atoms with van der Waals surface area (Å²) < 4.78 is 101. The first-order chi connectivity index (χ1) is 14.6.